The van der Waals surface area contributed by atoms with Gasteiger partial charge in [0.15, 0.2) is 11.6 Å². The Bertz CT molecular complexity index is 1060. The van der Waals surface area contributed by atoms with Crippen molar-refractivity contribution in [3.63, 3.8) is 0 Å². The van der Waals surface area contributed by atoms with Gasteiger partial charge in [-0.05, 0) is 59.6 Å². The van der Waals surface area contributed by atoms with E-state index in [2.05, 4.69) is 0 Å². The number of rotatable bonds is 5. The van der Waals surface area contributed by atoms with Crippen LogP contribution in [0.15, 0.2) is 42.5 Å². The van der Waals surface area contributed by atoms with Gasteiger partial charge in [0, 0.05) is 29.1 Å². The molecule has 0 aliphatic heterocycles. The van der Waals surface area contributed by atoms with Crippen LogP contribution in [0.1, 0.15) is 65.0 Å². The van der Waals surface area contributed by atoms with E-state index in [1.807, 2.05) is 35.8 Å². The summed E-state index contributed by atoms with van der Waals surface area (Å²) in [5, 5.41) is 0. The number of hydrogen-bond donors (Lipinski definition) is 1. The van der Waals surface area contributed by atoms with Crippen LogP contribution < -0.4 is 10.2 Å². The average molecular weight is 491 g/mol. The molecule has 0 bridgehead atoms. The molecule has 2 aromatic rings. The summed E-state index contributed by atoms with van der Waals surface area (Å²) in [6.07, 6.45) is -1.26. The molecule has 1 N–H and O–H groups in total. The van der Waals surface area contributed by atoms with Crippen LogP contribution in [-0.4, -0.2) is 34.3 Å². The second kappa shape index (κ2) is 10.1. The smallest absolute Gasteiger partial charge is 0.441 e. The highest BCUT2D eigenvalue weighted by molar-refractivity contribution is 5.73. The van der Waals surface area contributed by atoms with Gasteiger partial charge in [0.25, 0.3) is 0 Å². The molecule has 2 aromatic carbocycles. The van der Waals surface area contributed by atoms with Crippen LogP contribution in [0.3, 0.4) is 0 Å². The first kappa shape index (κ1) is 26.2. The summed E-state index contributed by atoms with van der Waals surface area (Å²) in [6, 6.07) is 10.8. The van der Waals surface area contributed by atoms with E-state index in [-0.39, 0.29) is 18.3 Å². The van der Waals surface area contributed by atoms with Crippen molar-refractivity contribution in [2.75, 3.05) is 0 Å². The van der Waals surface area contributed by atoms with Gasteiger partial charge in [0.1, 0.15) is 18.0 Å². The molecule has 3 rings (SSSR count). The Morgan fingerprint density at radius 1 is 1.06 bits per heavy atom. The number of hydrogen-bond acceptors (Lipinski definition) is 5. The maximum Gasteiger partial charge on any atom is 0.441 e. The molecule has 2 amide bonds. The van der Waals surface area contributed by atoms with E-state index in [0.717, 1.165) is 11.6 Å². The molecule has 1 saturated carbocycles. The lowest BCUT2D eigenvalue weighted by Gasteiger charge is -2.35. The SMILES string of the molecule is CC(C)(C)OC(=O)NOC(=O)N(C1CC1c1cc(F)cc(F)c1OCc1ccccc1)C(C)(C)C. The van der Waals surface area contributed by atoms with Crippen molar-refractivity contribution in [2.45, 2.75) is 77.7 Å². The van der Waals surface area contributed by atoms with E-state index in [4.69, 9.17) is 14.3 Å². The quantitative estimate of drug-likeness (QED) is 0.514. The Hall–Kier alpha value is -3.36. The van der Waals surface area contributed by atoms with Crippen LogP contribution in [0.25, 0.3) is 0 Å². The molecule has 2 unspecified atom stereocenters. The largest absolute Gasteiger partial charge is 0.486 e. The Morgan fingerprint density at radius 3 is 2.31 bits per heavy atom. The molecular weight excluding hydrogens is 458 g/mol. The molecule has 0 spiro atoms. The van der Waals surface area contributed by atoms with Crippen molar-refractivity contribution in [2.24, 2.45) is 0 Å². The summed E-state index contributed by atoms with van der Waals surface area (Å²) in [5.41, 5.74) is 1.70. The second-order valence-corrected chi connectivity index (χ2v) is 10.5. The van der Waals surface area contributed by atoms with Crippen LogP contribution in [0.2, 0.25) is 0 Å². The summed E-state index contributed by atoms with van der Waals surface area (Å²) in [5.74, 6) is -1.96. The minimum atomic E-state index is -0.907. The molecular formula is C26H32F2N2O5. The molecule has 7 nitrogen and oxygen atoms in total. The summed E-state index contributed by atoms with van der Waals surface area (Å²) >= 11 is 0. The lowest BCUT2D eigenvalue weighted by atomic mass is 10.0. The minimum absolute atomic E-state index is 0.0446. The summed E-state index contributed by atoms with van der Waals surface area (Å²) in [7, 11) is 0. The van der Waals surface area contributed by atoms with E-state index < -0.39 is 41.0 Å². The van der Waals surface area contributed by atoms with Gasteiger partial charge in [-0.25, -0.2) is 18.4 Å². The Morgan fingerprint density at radius 2 is 1.71 bits per heavy atom. The third-order valence-corrected chi connectivity index (χ3v) is 5.29. The van der Waals surface area contributed by atoms with Crippen LogP contribution in [0.4, 0.5) is 18.4 Å². The zero-order valence-electron chi connectivity index (χ0n) is 20.9. The molecule has 1 fully saturated rings. The predicted octanol–water partition coefficient (Wildman–Crippen LogP) is 6.08. The normalized spacial score (nSPS) is 17.4. The fourth-order valence-electron chi connectivity index (χ4n) is 3.88. The number of ether oxygens (including phenoxy) is 2. The van der Waals surface area contributed by atoms with E-state index in [9.17, 15) is 18.4 Å². The van der Waals surface area contributed by atoms with Gasteiger partial charge in [-0.3, -0.25) is 4.90 Å². The zero-order valence-corrected chi connectivity index (χ0v) is 20.9. The van der Waals surface area contributed by atoms with E-state index >= 15 is 0 Å². The van der Waals surface area contributed by atoms with Gasteiger partial charge in [-0.1, -0.05) is 30.3 Å². The highest BCUT2D eigenvalue weighted by Crippen LogP contribution is 2.50. The van der Waals surface area contributed by atoms with Gasteiger partial charge in [-0.15, -0.1) is 5.48 Å². The number of carbonyl (C=O) groups is 2. The van der Waals surface area contributed by atoms with Gasteiger partial charge < -0.3 is 14.3 Å². The molecule has 0 heterocycles. The van der Waals surface area contributed by atoms with Crippen LogP contribution in [0, 0.1) is 11.6 Å². The van der Waals surface area contributed by atoms with Gasteiger partial charge in [-0.2, -0.15) is 0 Å². The predicted molar refractivity (Wildman–Crippen MR) is 126 cm³/mol. The molecule has 2 atom stereocenters. The topological polar surface area (TPSA) is 77.1 Å². The molecule has 35 heavy (non-hydrogen) atoms. The van der Waals surface area contributed by atoms with Crippen LogP contribution >= 0.6 is 0 Å². The Kier molecular flexibility index (Phi) is 7.57. The third kappa shape index (κ3) is 7.07. The molecule has 1 aliphatic carbocycles. The van der Waals surface area contributed by atoms with Crippen molar-refractivity contribution in [1.29, 1.82) is 0 Å². The highest BCUT2D eigenvalue weighted by atomic mass is 19.1. The molecule has 0 radical (unpaired) electrons. The number of amides is 2. The van der Waals surface area contributed by atoms with Gasteiger partial charge in [0.2, 0.25) is 0 Å². The third-order valence-electron chi connectivity index (χ3n) is 5.29. The van der Waals surface area contributed by atoms with Crippen molar-refractivity contribution in [3.8, 4) is 5.75 Å². The zero-order chi connectivity index (χ0) is 26.0. The van der Waals surface area contributed by atoms with E-state index in [0.29, 0.717) is 12.0 Å². The fourth-order valence-corrected chi connectivity index (χ4v) is 3.88. The van der Waals surface area contributed by atoms with Crippen molar-refractivity contribution in [3.05, 3.63) is 65.2 Å². The Labute approximate surface area is 204 Å². The number of benzene rings is 2. The average Bonchev–Trinajstić information content (AvgIpc) is 3.49. The molecule has 9 heteroatoms. The Balaban J connectivity index is 1.77. The van der Waals surface area contributed by atoms with Crippen molar-refractivity contribution < 1.29 is 32.7 Å². The standard InChI is InChI=1S/C26H32F2N2O5/c1-25(2,3)30(24(32)35-29-23(31)34-26(4,5)6)21-14-18(21)19-12-17(27)13-20(28)22(19)33-15-16-10-8-7-9-11-16/h7-13,18,21H,14-15H2,1-6H3,(H,29,31). The number of nitrogens with one attached hydrogen (secondary N) is 1. The van der Waals surface area contributed by atoms with E-state index in [1.54, 1.807) is 41.5 Å². The van der Waals surface area contributed by atoms with Crippen molar-refractivity contribution >= 4 is 12.2 Å². The first-order valence-electron chi connectivity index (χ1n) is 11.4. The first-order valence-corrected chi connectivity index (χ1v) is 11.4. The van der Waals surface area contributed by atoms with Gasteiger partial charge in [0.05, 0.1) is 0 Å². The number of nitrogens with zero attached hydrogens (tertiary/aromatic N) is 1. The lowest BCUT2D eigenvalue weighted by Crippen LogP contribution is -2.50. The van der Waals surface area contributed by atoms with E-state index in [1.165, 1.54) is 11.0 Å². The second-order valence-electron chi connectivity index (χ2n) is 10.5. The monoisotopic (exact) mass is 490 g/mol. The maximum absolute atomic E-state index is 14.7. The van der Waals surface area contributed by atoms with Crippen LogP contribution in [-0.2, 0) is 16.2 Å². The molecule has 190 valence electrons. The maximum atomic E-state index is 14.7. The molecule has 1 aliphatic rings. The molecule has 0 saturated heterocycles. The summed E-state index contributed by atoms with van der Waals surface area (Å²) < 4.78 is 39.7. The first-order chi connectivity index (χ1) is 16.3. The number of hydroxylamine groups is 1. The minimum Gasteiger partial charge on any atom is -0.486 e. The summed E-state index contributed by atoms with van der Waals surface area (Å²) in [4.78, 5) is 31.2. The fraction of sp³-hybridized carbons (Fsp3) is 0.462. The molecule has 0 aromatic heterocycles. The highest BCUT2D eigenvalue weighted by Gasteiger charge is 2.51. The number of halogens is 2. The number of carbonyl (C=O) groups excluding carboxylic acids is 2. The summed E-state index contributed by atoms with van der Waals surface area (Å²) in [6.45, 7) is 10.6. The van der Waals surface area contributed by atoms with Gasteiger partial charge >= 0.3 is 12.2 Å². The van der Waals surface area contributed by atoms with Crippen LogP contribution in [0.5, 0.6) is 5.75 Å². The van der Waals surface area contributed by atoms with Crippen molar-refractivity contribution in [1.82, 2.24) is 10.4 Å². The lowest BCUT2D eigenvalue weighted by molar-refractivity contribution is -0.00413.